The molecule has 0 unspecified atom stereocenters. The molecule has 138 valence electrons. The summed E-state index contributed by atoms with van der Waals surface area (Å²) in [5, 5.41) is 7.75. The van der Waals surface area contributed by atoms with Gasteiger partial charge >= 0.3 is 5.97 Å². The Labute approximate surface area is 157 Å². The predicted octanol–water partition coefficient (Wildman–Crippen LogP) is 3.80. The molecular formula is C19H22ClN3O3. The molecule has 1 heterocycles. The van der Waals surface area contributed by atoms with Crippen molar-refractivity contribution in [3.8, 4) is 11.3 Å². The van der Waals surface area contributed by atoms with Crippen LogP contribution in [0.3, 0.4) is 0 Å². The zero-order valence-corrected chi connectivity index (χ0v) is 15.5. The number of rotatable bonds is 6. The van der Waals surface area contributed by atoms with Crippen molar-refractivity contribution in [2.24, 2.45) is 13.0 Å². The molecule has 1 aromatic heterocycles. The Morgan fingerprint density at radius 1 is 1.27 bits per heavy atom. The molecule has 1 fully saturated rings. The Morgan fingerprint density at radius 2 is 1.96 bits per heavy atom. The Kier molecular flexibility index (Phi) is 5.93. The van der Waals surface area contributed by atoms with Crippen LogP contribution in [0.25, 0.3) is 11.3 Å². The summed E-state index contributed by atoms with van der Waals surface area (Å²) < 4.78 is 6.66. The molecule has 0 saturated heterocycles. The van der Waals surface area contributed by atoms with Gasteiger partial charge in [-0.05, 0) is 30.9 Å². The fraction of sp³-hybridized carbons (Fsp3) is 0.421. The summed E-state index contributed by atoms with van der Waals surface area (Å²) in [6.07, 6.45) is 4.90. The number of esters is 1. The average Bonchev–Trinajstić information content (AvgIpc) is 3.24. The molecule has 0 aliphatic heterocycles. The summed E-state index contributed by atoms with van der Waals surface area (Å²) in [4.78, 5) is 23.9. The van der Waals surface area contributed by atoms with Gasteiger partial charge < -0.3 is 10.1 Å². The Bertz CT molecular complexity index is 780. The summed E-state index contributed by atoms with van der Waals surface area (Å²) in [5.74, 6) is 0.255. The average molecular weight is 376 g/mol. The van der Waals surface area contributed by atoms with E-state index in [4.69, 9.17) is 16.3 Å². The van der Waals surface area contributed by atoms with Crippen LogP contribution in [0.5, 0.6) is 0 Å². The van der Waals surface area contributed by atoms with Crippen LogP contribution in [0.15, 0.2) is 30.3 Å². The Balaban J connectivity index is 1.52. The van der Waals surface area contributed by atoms with Gasteiger partial charge in [0.05, 0.1) is 5.69 Å². The van der Waals surface area contributed by atoms with Crippen molar-refractivity contribution in [1.29, 1.82) is 0 Å². The van der Waals surface area contributed by atoms with E-state index in [1.807, 2.05) is 12.1 Å². The van der Waals surface area contributed by atoms with E-state index in [1.54, 1.807) is 29.9 Å². The number of amides is 1. The van der Waals surface area contributed by atoms with Crippen LogP contribution >= 0.6 is 11.6 Å². The van der Waals surface area contributed by atoms with Gasteiger partial charge in [-0.1, -0.05) is 36.6 Å². The first-order valence-corrected chi connectivity index (χ1v) is 9.14. The topological polar surface area (TPSA) is 73.2 Å². The summed E-state index contributed by atoms with van der Waals surface area (Å²) in [5.41, 5.74) is 1.62. The van der Waals surface area contributed by atoms with Gasteiger partial charge in [0.2, 0.25) is 0 Å². The quantitative estimate of drug-likeness (QED) is 0.779. The monoisotopic (exact) mass is 375 g/mol. The standard InChI is InChI=1S/C19H22ClN3O3/c1-23-17(11-16(22-23)14-6-8-15(20)9-7-14)21-18(24)12-26-19(25)10-13-4-2-3-5-13/h6-9,11,13H,2-5,10,12H2,1H3,(H,21,24). The Morgan fingerprint density at radius 3 is 2.65 bits per heavy atom. The highest BCUT2D eigenvalue weighted by Gasteiger charge is 2.20. The fourth-order valence-electron chi connectivity index (χ4n) is 3.18. The third-order valence-corrected chi connectivity index (χ3v) is 4.83. The molecular weight excluding hydrogens is 354 g/mol. The number of hydrogen-bond acceptors (Lipinski definition) is 4. The smallest absolute Gasteiger partial charge is 0.306 e. The maximum Gasteiger partial charge on any atom is 0.306 e. The number of aryl methyl sites for hydroxylation is 1. The predicted molar refractivity (Wildman–Crippen MR) is 99.8 cm³/mol. The van der Waals surface area contributed by atoms with Gasteiger partial charge in [-0.25, -0.2) is 0 Å². The number of ether oxygens (including phenoxy) is 1. The number of halogens is 1. The Hall–Kier alpha value is -2.34. The maximum absolute atomic E-state index is 12.0. The summed E-state index contributed by atoms with van der Waals surface area (Å²) in [7, 11) is 1.74. The SMILES string of the molecule is Cn1nc(-c2ccc(Cl)cc2)cc1NC(=O)COC(=O)CC1CCCC1. The van der Waals surface area contributed by atoms with Crippen LogP contribution in [0.2, 0.25) is 5.02 Å². The van der Waals surface area contributed by atoms with Gasteiger partial charge in [-0.3, -0.25) is 14.3 Å². The number of nitrogens with zero attached hydrogens (tertiary/aromatic N) is 2. The lowest BCUT2D eigenvalue weighted by atomic mass is 10.1. The van der Waals surface area contributed by atoms with Crippen molar-refractivity contribution < 1.29 is 14.3 Å². The summed E-state index contributed by atoms with van der Waals surface area (Å²) >= 11 is 5.89. The zero-order valence-electron chi connectivity index (χ0n) is 14.7. The largest absolute Gasteiger partial charge is 0.456 e. The van der Waals surface area contributed by atoms with E-state index in [2.05, 4.69) is 10.4 Å². The molecule has 0 spiro atoms. The molecule has 0 atom stereocenters. The first-order chi connectivity index (χ1) is 12.5. The number of benzene rings is 1. The molecule has 1 saturated carbocycles. The lowest BCUT2D eigenvalue weighted by Gasteiger charge is -2.09. The summed E-state index contributed by atoms with van der Waals surface area (Å²) in [6.45, 7) is -0.285. The van der Waals surface area contributed by atoms with Crippen LogP contribution in [0.1, 0.15) is 32.1 Å². The van der Waals surface area contributed by atoms with Crippen molar-refractivity contribution >= 4 is 29.3 Å². The van der Waals surface area contributed by atoms with E-state index in [0.717, 1.165) is 24.1 Å². The molecule has 7 heteroatoms. The van der Waals surface area contributed by atoms with Gasteiger partial charge in [0.1, 0.15) is 5.82 Å². The first kappa shape index (κ1) is 18.5. The lowest BCUT2D eigenvalue weighted by Crippen LogP contribution is -2.22. The number of carbonyl (C=O) groups is 2. The minimum atomic E-state index is -0.379. The van der Waals surface area contributed by atoms with Crippen molar-refractivity contribution in [3.05, 3.63) is 35.4 Å². The summed E-state index contributed by atoms with van der Waals surface area (Å²) in [6, 6.07) is 9.06. The minimum Gasteiger partial charge on any atom is -0.456 e. The van der Waals surface area contributed by atoms with Gasteiger partial charge in [0.15, 0.2) is 6.61 Å². The molecule has 1 aliphatic carbocycles. The third kappa shape index (κ3) is 4.85. The lowest BCUT2D eigenvalue weighted by molar-refractivity contribution is -0.148. The van der Waals surface area contributed by atoms with Crippen LogP contribution in [0, 0.1) is 5.92 Å². The van der Waals surface area contributed by atoms with E-state index in [-0.39, 0.29) is 18.5 Å². The highest BCUT2D eigenvalue weighted by Crippen LogP contribution is 2.27. The van der Waals surface area contributed by atoms with Gasteiger partial charge in [0.25, 0.3) is 5.91 Å². The number of anilines is 1. The third-order valence-electron chi connectivity index (χ3n) is 4.58. The molecule has 2 aromatic rings. The van der Waals surface area contributed by atoms with Gasteiger partial charge in [-0.15, -0.1) is 0 Å². The highest BCUT2D eigenvalue weighted by molar-refractivity contribution is 6.30. The molecule has 6 nitrogen and oxygen atoms in total. The normalized spacial score (nSPS) is 14.4. The van der Waals surface area contributed by atoms with Crippen molar-refractivity contribution in [2.75, 3.05) is 11.9 Å². The van der Waals surface area contributed by atoms with E-state index in [0.29, 0.717) is 23.2 Å². The zero-order chi connectivity index (χ0) is 18.5. The maximum atomic E-state index is 12.0. The van der Waals surface area contributed by atoms with Crippen LogP contribution in [-0.4, -0.2) is 28.3 Å². The number of nitrogens with one attached hydrogen (secondary N) is 1. The molecule has 1 aromatic carbocycles. The number of hydrogen-bond donors (Lipinski definition) is 1. The second-order valence-corrected chi connectivity index (χ2v) is 7.05. The molecule has 0 bridgehead atoms. The van der Waals surface area contributed by atoms with Crippen molar-refractivity contribution in [3.63, 3.8) is 0 Å². The van der Waals surface area contributed by atoms with Gasteiger partial charge in [0, 0.05) is 30.1 Å². The first-order valence-electron chi connectivity index (χ1n) is 8.77. The molecule has 3 rings (SSSR count). The highest BCUT2D eigenvalue weighted by atomic mass is 35.5. The van der Waals surface area contributed by atoms with E-state index in [1.165, 1.54) is 12.8 Å². The minimum absolute atomic E-state index is 0.285. The van der Waals surface area contributed by atoms with Crippen LogP contribution in [0.4, 0.5) is 5.82 Å². The van der Waals surface area contributed by atoms with E-state index >= 15 is 0 Å². The van der Waals surface area contributed by atoms with E-state index in [9.17, 15) is 9.59 Å². The molecule has 0 radical (unpaired) electrons. The number of carbonyl (C=O) groups excluding carboxylic acids is 2. The molecule has 1 amide bonds. The molecule has 26 heavy (non-hydrogen) atoms. The fourth-order valence-corrected chi connectivity index (χ4v) is 3.31. The van der Waals surface area contributed by atoms with Crippen molar-refractivity contribution in [1.82, 2.24) is 9.78 Å². The van der Waals surface area contributed by atoms with Gasteiger partial charge in [-0.2, -0.15) is 5.10 Å². The van der Waals surface area contributed by atoms with Crippen molar-refractivity contribution in [2.45, 2.75) is 32.1 Å². The van der Waals surface area contributed by atoms with Crippen LogP contribution < -0.4 is 5.32 Å². The second-order valence-electron chi connectivity index (χ2n) is 6.61. The van der Waals surface area contributed by atoms with E-state index < -0.39 is 0 Å². The molecule has 1 N–H and O–H groups in total. The van der Waals surface area contributed by atoms with Crippen LogP contribution in [-0.2, 0) is 21.4 Å². The molecule has 1 aliphatic rings. The second kappa shape index (κ2) is 8.36. The number of aromatic nitrogens is 2.